The summed E-state index contributed by atoms with van der Waals surface area (Å²) in [7, 11) is 0. The maximum atomic E-state index is 11.6. The van der Waals surface area contributed by atoms with Gasteiger partial charge in [-0.2, -0.15) is 0 Å². The number of carbonyl (C=O) groups excluding carboxylic acids is 2. The second-order valence-electron chi connectivity index (χ2n) is 4.31. The molecule has 100 valence electrons. The van der Waals surface area contributed by atoms with Crippen molar-refractivity contribution in [3.8, 4) is 0 Å². The quantitative estimate of drug-likeness (QED) is 0.340. The molecule has 0 saturated heterocycles. The van der Waals surface area contributed by atoms with Crippen molar-refractivity contribution in [2.45, 2.75) is 45.6 Å². The summed E-state index contributed by atoms with van der Waals surface area (Å²) in [4.78, 5) is 21.9. The van der Waals surface area contributed by atoms with Crippen LogP contribution in [0.4, 0.5) is 0 Å². The highest BCUT2D eigenvalue weighted by Crippen LogP contribution is 2.05. The van der Waals surface area contributed by atoms with Crippen LogP contribution in [0.2, 0.25) is 0 Å². The van der Waals surface area contributed by atoms with Crippen LogP contribution in [0, 0.1) is 5.92 Å². The van der Waals surface area contributed by atoms with Gasteiger partial charge in [0.15, 0.2) is 0 Å². The average molecular weight is 245 g/mol. The molecule has 0 saturated carbocycles. The summed E-state index contributed by atoms with van der Waals surface area (Å²) in [5.74, 6) is -0.364. The lowest BCUT2D eigenvalue weighted by Gasteiger charge is -2.18. The first-order valence-electron chi connectivity index (χ1n) is 6.10. The summed E-state index contributed by atoms with van der Waals surface area (Å²) >= 11 is 0. The number of nitrogens with one attached hydrogen (secondary N) is 1. The summed E-state index contributed by atoms with van der Waals surface area (Å²) < 4.78 is 5.08. The summed E-state index contributed by atoms with van der Waals surface area (Å²) in [6.45, 7) is 4.28. The fourth-order valence-corrected chi connectivity index (χ4v) is 1.44. The molecule has 0 aromatic rings. The van der Waals surface area contributed by atoms with Crippen molar-refractivity contribution in [2.24, 2.45) is 5.92 Å². The topological polar surface area (TPSA) is 75.6 Å². The maximum absolute atomic E-state index is 11.6. The van der Waals surface area contributed by atoms with Gasteiger partial charge in [-0.1, -0.05) is 20.3 Å². The molecular formula is C12H23NO4. The van der Waals surface area contributed by atoms with Crippen molar-refractivity contribution >= 4 is 12.4 Å². The van der Waals surface area contributed by atoms with Gasteiger partial charge in [-0.3, -0.25) is 4.79 Å². The molecule has 0 rings (SSSR count). The Labute approximate surface area is 103 Å². The second-order valence-corrected chi connectivity index (χ2v) is 4.31. The van der Waals surface area contributed by atoms with Gasteiger partial charge in [0.05, 0.1) is 6.61 Å². The van der Waals surface area contributed by atoms with E-state index in [1.54, 1.807) is 0 Å². The van der Waals surface area contributed by atoms with Gasteiger partial charge < -0.3 is 15.2 Å². The number of hydrogen-bond donors (Lipinski definition) is 2. The Kier molecular flexibility index (Phi) is 9.43. The van der Waals surface area contributed by atoms with Gasteiger partial charge in [0.2, 0.25) is 6.41 Å². The third-order valence-corrected chi connectivity index (χ3v) is 2.46. The third kappa shape index (κ3) is 7.74. The molecule has 17 heavy (non-hydrogen) atoms. The Hall–Kier alpha value is -1.10. The molecule has 0 aliphatic heterocycles. The van der Waals surface area contributed by atoms with E-state index < -0.39 is 6.04 Å². The summed E-state index contributed by atoms with van der Waals surface area (Å²) in [6.07, 6.45) is 3.97. The lowest BCUT2D eigenvalue weighted by Crippen LogP contribution is -2.41. The number of amides is 1. The van der Waals surface area contributed by atoms with Crippen LogP contribution in [-0.2, 0) is 14.3 Å². The number of rotatable bonds is 10. The number of hydrogen-bond acceptors (Lipinski definition) is 4. The van der Waals surface area contributed by atoms with Gasteiger partial charge in [-0.25, -0.2) is 4.79 Å². The van der Waals surface area contributed by atoms with Crippen LogP contribution in [0.15, 0.2) is 0 Å². The second kappa shape index (κ2) is 10.1. The minimum absolute atomic E-state index is 0.0158. The Balaban J connectivity index is 3.71. The van der Waals surface area contributed by atoms with Gasteiger partial charge in [-0.05, 0) is 25.2 Å². The molecule has 1 amide bonds. The van der Waals surface area contributed by atoms with Crippen LogP contribution >= 0.6 is 0 Å². The monoisotopic (exact) mass is 245 g/mol. The molecule has 0 radical (unpaired) electrons. The molecule has 1 unspecified atom stereocenters. The molecule has 5 heteroatoms. The molecule has 0 spiro atoms. The Morgan fingerprint density at radius 1 is 1.29 bits per heavy atom. The van der Waals surface area contributed by atoms with Crippen LogP contribution in [0.1, 0.15) is 39.5 Å². The Morgan fingerprint density at radius 2 is 1.94 bits per heavy atom. The Bertz CT molecular complexity index is 219. The number of aliphatic hydroxyl groups excluding tert-OH is 1. The van der Waals surface area contributed by atoms with Crippen molar-refractivity contribution in [1.29, 1.82) is 0 Å². The molecule has 0 heterocycles. The average Bonchev–Trinajstić information content (AvgIpc) is 2.29. The van der Waals surface area contributed by atoms with E-state index in [0.717, 1.165) is 25.7 Å². The van der Waals surface area contributed by atoms with Crippen LogP contribution in [-0.4, -0.2) is 36.7 Å². The predicted octanol–water partition coefficient (Wildman–Crippen LogP) is 0.853. The van der Waals surface area contributed by atoms with Crippen molar-refractivity contribution in [3.05, 3.63) is 0 Å². The van der Waals surface area contributed by atoms with Crippen LogP contribution in [0.25, 0.3) is 0 Å². The smallest absolute Gasteiger partial charge is 0.328 e. The van der Waals surface area contributed by atoms with Crippen molar-refractivity contribution in [1.82, 2.24) is 5.32 Å². The van der Waals surface area contributed by atoms with Crippen molar-refractivity contribution < 1.29 is 19.4 Å². The molecule has 0 aliphatic rings. The molecule has 0 bridgehead atoms. The van der Waals surface area contributed by atoms with E-state index in [1.165, 1.54) is 0 Å². The SMILES string of the molecule is CC(C)C(NC=O)C(=O)OCCCCCCO. The van der Waals surface area contributed by atoms with E-state index in [0.29, 0.717) is 13.0 Å². The fourth-order valence-electron chi connectivity index (χ4n) is 1.44. The highest BCUT2D eigenvalue weighted by molar-refractivity contribution is 5.78. The molecule has 2 N–H and O–H groups in total. The molecular weight excluding hydrogens is 222 g/mol. The lowest BCUT2D eigenvalue weighted by atomic mass is 10.1. The number of esters is 1. The number of aliphatic hydroxyl groups is 1. The third-order valence-electron chi connectivity index (χ3n) is 2.46. The summed E-state index contributed by atoms with van der Waals surface area (Å²) in [6, 6.07) is -0.565. The first-order valence-corrected chi connectivity index (χ1v) is 6.10. The first-order chi connectivity index (χ1) is 8.13. The zero-order valence-corrected chi connectivity index (χ0v) is 10.6. The highest BCUT2D eigenvalue weighted by atomic mass is 16.5. The largest absolute Gasteiger partial charge is 0.464 e. The molecule has 0 fully saturated rings. The van der Waals surface area contributed by atoms with Crippen LogP contribution in [0.5, 0.6) is 0 Å². The van der Waals surface area contributed by atoms with Gasteiger partial charge in [0.1, 0.15) is 6.04 Å². The van der Waals surface area contributed by atoms with Crippen LogP contribution in [0.3, 0.4) is 0 Å². The van der Waals surface area contributed by atoms with E-state index in [1.807, 2.05) is 13.8 Å². The minimum atomic E-state index is -0.565. The van der Waals surface area contributed by atoms with Gasteiger partial charge in [0, 0.05) is 6.61 Å². The molecule has 1 atom stereocenters. The molecule has 5 nitrogen and oxygen atoms in total. The van der Waals surface area contributed by atoms with Crippen molar-refractivity contribution in [2.75, 3.05) is 13.2 Å². The highest BCUT2D eigenvalue weighted by Gasteiger charge is 2.22. The van der Waals surface area contributed by atoms with Gasteiger partial charge in [-0.15, -0.1) is 0 Å². The van der Waals surface area contributed by atoms with E-state index in [4.69, 9.17) is 9.84 Å². The van der Waals surface area contributed by atoms with Crippen molar-refractivity contribution in [3.63, 3.8) is 0 Å². The zero-order chi connectivity index (χ0) is 13.1. The van der Waals surface area contributed by atoms with E-state index in [2.05, 4.69) is 5.32 Å². The lowest BCUT2D eigenvalue weighted by molar-refractivity contribution is -0.148. The van der Waals surface area contributed by atoms with E-state index in [-0.39, 0.29) is 18.5 Å². The maximum Gasteiger partial charge on any atom is 0.328 e. The summed E-state index contributed by atoms with van der Waals surface area (Å²) in [5.41, 5.74) is 0. The normalized spacial score (nSPS) is 12.2. The molecule has 0 aliphatic carbocycles. The fraction of sp³-hybridized carbons (Fsp3) is 0.833. The van der Waals surface area contributed by atoms with E-state index >= 15 is 0 Å². The number of unbranched alkanes of at least 4 members (excludes halogenated alkanes) is 3. The minimum Gasteiger partial charge on any atom is -0.464 e. The molecule has 0 aromatic heterocycles. The molecule has 0 aromatic carbocycles. The number of carbonyl (C=O) groups is 2. The zero-order valence-electron chi connectivity index (χ0n) is 10.6. The Morgan fingerprint density at radius 3 is 2.47 bits per heavy atom. The predicted molar refractivity (Wildman–Crippen MR) is 64.3 cm³/mol. The van der Waals surface area contributed by atoms with Crippen LogP contribution < -0.4 is 5.32 Å². The van der Waals surface area contributed by atoms with E-state index in [9.17, 15) is 9.59 Å². The van der Waals surface area contributed by atoms with Gasteiger partial charge >= 0.3 is 5.97 Å². The first kappa shape index (κ1) is 15.9. The van der Waals surface area contributed by atoms with Gasteiger partial charge in [0.25, 0.3) is 0 Å². The summed E-state index contributed by atoms with van der Waals surface area (Å²) in [5, 5.41) is 11.0. The standard InChI is InChI=1S/C12H23NO4/c1-10(2)11(13-9-15)12(16)17-8-6-4-3-5-7-14/h9-11,14H,3-8H2,1-2H3,(H,13,15). The number of ether oxygens (including phenoxy) is 1.